The Balaban J connectivity index is -0.000000455. The zero-order valence-corrected chi connectivity index (χ0v) is 25.7. The first-order valence-corrected chi connectivity index (χ1v) is 13.9. The molecule has 0 aliphatic rings. The van der Waals surface area contributed by atoms with Crippen molar-refractivity contribution in [1.82, 2.24) is 0 Å². The lowest BCUT2D eigenvalue weighted by atomic mass is 10.0. The van der Waals surface area contributed by atoms with Gasteiger partial charge < -0.3 is 0 Å². The molecule has 36 heavy (non-hydrogen) atoms. The van der Waals surface area contributed by atoms with Gasteiger partial charge in [0.25, 0.3) is 0 Å². The molecule has 0 nitrogen and oxygen atoms in total. The van der Waals surface area contributed by atoms with Crippen molar-refractivity contribution >= 4 is 0 Å². The first kappa shape index (κ1) is 38.2. The minimum Gasteiger partial charge on any atom is -0.103 e. The Morgan fingerprint density at radius 1 is 0.472 bits per heavy atom. The maximum absolute atomic E-state index is 3.75. The molecule has 0 rings (SSSR count). The topological polar surface area (TPSA) is 0 Å². The van der Waals surface area contributed by atoms with E-state index in [-0.39, 0.29) is 0 Å². The number of allylic oxidation sites excluding steroid dienone is 15. The Morgan fingerprint density at radius 3 is 1.11 bits per heavy atom. The lowest BCUT2D eigenvalue weighted by Crippen LogP contribution is -1.82. The van der Waals surface area contributed by atoms with Crippen molar-refractivity contribution in [1.29, 1.82) is 0 Å². The summed E-state index contributed by atoms with van der Waals surface area (Å²) in [5.74, 6) is 0. The van der Waals surface area contributed by atoms with Gasteiger partial charge in [0.05, 0.1) is 0 Å². The summed E-state index contributed by atoms with van der Waals surface area (Å²) in [6.07, 6.45) is 29.2. The molecule has 0 N–H and O–H groups in total. The Kier molecular flexibility index (Phi) is 30.7. The Morgan fingerprint density at radius 2 is 0.833 bits per heavy atom. The third kappa shape index (κ3) is 26.3. The van der Waals surface area contributed by atoms with Crippen LogP contribution in [0.3, 0.4) is 0 Å². The van der Waals surface area contributed by atoms with Crippen molar-refractivity contribution in [3.8, 4) is 0 Å². The van der Waals surface area contributed by atoms with E-state index in [1.54, 1.807) is 5.57 Å². The standard InChI is InChI=1S/C13H22.C12H20.C11H18/c1-5-9-13(8-4)11-10-12(6-2)7-3;1-5-8-12(7-3)10-9-11(4)6-2;1-5-7-11(6-2)9-8-10(3)4/h5,8,10H,1,6-7,9,11H2,2-4H3;5,7,9H,1,6,8,10H2,2-4H3;5-6,8H,1,7,9H2,2-4H3/b13-8-;11-9?,12-7+;11-6+. The Hall–Kier alpha value is -2.34. The van der Waals surface area contributed by atoms with Gasteiger partial charge in [-0.3, -0.25) is 0 Å². The minimum absolute atomic E-state index is 1.01. The van der Waals surface area contributed by atoms with Gasteiger partial charge in [0.15, 0.2) is 0 Å². The van der Waals surface area contributed by atoms with Gasteiger partial charge in [0.2, 0.25) is 0 Å². The lowest BCUT2D eigenvalue weighted by Gasteiger charge is -2.02. The van der Waals surface area contributed by atoms with Crippen LogP contribution in [0.1, 0.15) is 120 Å². The fraction of sp³-hybridized carbons (Fsp3) is 0.500. The van der Waals surface area contributed by atoms with Crippen molar-refractivity contribution in [3.63, 3.8) is 0 Å². The summed E-state index contributed by atoms with van der Waals surface area (Å²) in [6, 6.07) is 0. The van der Waals surface area contributed by atoms with E-state index in [0.29, 0.717) is 0 Å². The molecule has 0 unspecified atom stereocenters. The van der Waals surface area contributed by atoms with E-state index < -0.39 is 0 Å². The van der Waals surface area contributed by atoms with Crippen LogP contribution in [-0.2, 0) is 0 Å². The maximum atomic E-state index is 3.75. The van der Waals surface area contributed by atoms with Gasteiger partial charge in [-0.2, -0.15) is 0 Å². The van der Waals surface area contributed by atoms with Crippen LogP contribution in [0, 0.1) is 0 Å². The highest BCUT2D eigenvalue weighted by atomic mass is 14.0. The zero-order valence-electron chi connectivity index (χ0n) is 25.7. The number of hydrogen-bond donors (Lipinski definition) is 0. The average molecular weight is 493 g/mol. The van der Waals surface area contributed by atoms with Crippen LogP contribution in [0.4, 0.5) is 0 Å². The SMILES string of the molecule is C=CC/C(=C/C)CC=C(CC)CC.C=CC/C(=C\C)CC=C(C)C.C=CC/C(=C\C)CC=C(C)CC. The highest BCUT2D eigenvalue weighted by Gasteiger charge is 1.93. The van der Waals surface area contributed by atoms with E-state index in [1.165, 1.54) is 40.7 Å². The van der Waals surface area contributed by atoms with Gasteiger partial charge in [-0.15, -0.1) is 19.7 Å². The van der Waals surface area contributed by atoms with E-state index in [2.05, 4.69) is 119 Å². The van der Waals surface area contributed by atoms with Crippen LogP contribution in [0.2, 0.25) is 0 Å². The summed E-state index contributed by atoms with van der Waals surface area (Å²) in [6.45, 7) is 30.5. The smallest absolute Gasteiger partial charge is 0.0133 e. The molecule has 0 radical (unpaired) electrons. The second-order valence-corrected chi connectivity index (χ2v) is 9.19. The van der Waals surface area contributed by atoms with Crippen LogP contribution in [-0.4, -0.2) is 0 Å². The van der Waals surface area contributed by atoms with Crippen molar-refractivity contribution in [2.75, 3.05) is 0 Å². The molecule has 0 amide bonds. The Labute approximate surface area is 227 Å². The summed E-state index contributed by atoms with van der Waals surface area (Å²) in [5.41, 5.74) is 8.78. The summed E-state index contributed by atoms with van der Waals surface area (Å²) in [5, 5.41) is 0. The molecule has 0 saturated carbocycles. The van der Waals surface area contributed by atoms with Gasteiger partial charge >= 0.3 is 0 Å². The number of hydrogen-bond acceptors (Lipinski definition) is 0. The lowest BCUT2D eigenvalue weighted by molar-refractivity contribution is 0.951. The van der Waals surface area contributed by atoms with Crippen molar-refractivity contribution in [2.45, 2.75) is 120 Å². The predicted octanol–water partition coefficient (Wildman–Crippen LogP) is 12.8. The van der Waals surface area contributed by atoms with Gasteiger partial charge in [-0.1, -0.05) is 109 Å². The zero-order chi connectivity index (χ0) is 28.2. The molecule has 0 aromatic carbocycles. The van der Waals surface area contributed by atoms with Crippen LogP contribution in [0.15, 0.2) is 108 Å². The molecular formula is C36H60. The van der Waals surface area contributed by atoms with Gasteiger partial charge in [0, 0.05) is 0 Å². The third-order valence-corrected chi connectivity index (χ3v) is 6.05. The first-order valence-electron chi connectivity index (χ1n) is 13.9. The van der Waals surface area contributed by atoms with E-state index in [1.807, 2.05) is 18.2 Å². The quantitative estimate of drug-likeness (QED) is 0.199. The molecule has 0 heterocycles. The molecule has 0 aliphatic carbocycles. The van der Waals surface area contributed by atoms with Gasteiger partial charge in [-0.25, -0.2) is 0 Å². The summed E-state index contributed by atoms with van der Waals surface area (Å²) in [7, 11) is 0. The van der Waals surface area contributed by atoms with Crippen molar-refractivity contribution in [2.24, 2.45) is 0 Å². The van der Waals surface area contributed by atoms with E-state index >= 15 is 0 Å². The second-order valence-electron chi connectivity index (χ2n) is 9.19. The van der Waals surface area contributed by atoms with E-state index in [0.717, 1.165) is 44.9 Å². The molecule has 0 heteroatoms. The summed E-state index contributed by atoms with van der Waals surface area (Å²) in [4.78, 5) is 0. The molecule has 0 saturated heterocycles. The largest absolute Gasteiger partial charge is 0.103 e. The second kappa shape index (κ2) is 28.9. The van der Waals surface area contributed by atoms with Crippen molar-refractivity contribution in [3.05, 3.63) is 108 Å². The third-order valence-electron chi connectivity index (χ3n) is 6.05. The van der Waals surface area contributed by atoms with Crippen LogP contribution >= 0.6 is 0 Å². The average Bonchev–Trinajstić information content (AvgIpc) is 2.89. The highest BCUT2D eigenvalue weighted by Crippen LogP contribution is 2.14. The molecular weight excluding hydrogens is 432 g/mol. The van der Waals surface area contributed by atoms with Crippen molar-refractivity contribution < 1.29 is 0 Å². The van der Waals surface area contributed by atoms with Gasteiger partial charge in [-0.05, 0) is 99.3 Å². The van der Waals surface area contributed by atoms with Crippen LogP contribution in [0.5, 0.6) is 0 Å². The molecule has 0 aromatic rings. The number of rotatable bonds is 15. The molecule has 204 valence electrons. The van der Waals surface area contributed by atoms with Gasteiger partial charge in [0.1, 0.15) is 0 Å². The Bertz CT molecular complexity index is 746. The monoisotopic (exact) mass is 492 g/mol. The molecule has 0 fully saturated rings. The maximum Gasteiger partial charge on any atom is -0.0133 e. The first-order chi connectivity index (χ1) is 17.2. The highest BCUT2D eigenvalue weighted by molar-refractivity contribution is 5.14. The predicted molar refractivity (Wildman–Crippen MR) is 172 cm³/mol. The molecule has 0 bridgehead atoms. The van der Waals surface area contributed by atoms with Crippen LogP contribution in [0.25, 0.3) is 0 Å². The molecule has 0 aliphatic heterocycles. The molecule has 0 spiro atoms. The summed E-state index contributed by atoms with van der Waals surface area (Å²) >= 11 is 0. The fourth-order valence-corrected chi connectivity index (χ4v) is 3.11. The van der Waals surface area contributed by atoms with E-state index in [9.17, 15) is 0 Å². The molecule has 0 aromatic heterocycles. The fourth-order valence-electron chi connectivity index (χ4n) is 3.11. The van der Waals surface area contributed by atoms with Crippen LogP contribution < -0.4 is 0 Å². The summed E-state index contributed by atoms with van der Waals surface area (Å²) < 4.78 is 0. The minimum atomic E-state index is 1.01. The molecule has 0 atom stereocenters. The normalized spacial score (nSPS) is 11.8. The van der Waals surface area contributed by atoms with E-state index in [4.69, 9.17) is 0 Å².